The van der Waals surface area contributed by atoms with Gasteiger partial charge in [-0.1, -0.05) is 48.5 Å². The Labute approximate surface area is 156 Å². The number of aliphatic hydroxyl groups is 3. The number of hydrogen-bond acceptors (Lipinski definition) is 7. The molecule has 1 aliphatic heterocycles. The second-order valence-corrected chi connectivity index (χ2v) is 6.24. The number of rotatable bonds is 6. The molecule has 27 heavy (non-hydrogen) atoms. The van der Waals surface area contributed by atoms with Gasteiger partial charge in [-0.3, -0.25) is 0 Å². The van der Waals surface area contributed by atoms with Crippen LogP contribution in [0.1, 0.15) is 15.9 Å². The van der Waals surface area contributed by atoms with Crippen molar-refractivity contribution >= 4 is 5.97 Å². The second kappa shape index (κ2) is 9.07. The third kappa shape index (κ3) is 4.71. The predicted octanol–water partition coefficient (Wildman–Crippen LogP) is 0.868. The second-order valence-electron chi connectivity index (χ2n) is 6.24. The summed E-state index contributed by atoms with van der Waals surface area (Å²) in [6.45, 7) is -0.366. The van der Waals surface area contributed by atoms with Gasteiger partial charge in [-0.15, -0.1) is 0 Å². The Hall–Kier alpha value is -2.29. The number of esters is 1. The summed E-state index contributed by atoms with van der Waals surface area (Å²) in [5, 5.41) is 29.9. The van der Waals surface area contributed by atoms with Crippen molar-refractivity contribution in [1.82, 2.24) is 0 Å². The molecule has 1 unspecified atom stereocenters. The molecule has 2 aromatic carbocycles. The van der Waals surface area contributed by atoms with Gasteiger partial charge in [0.1, 0.15) is 18.3 Å². The molecule has 7 nitrogen and oxygen atoms in total. The van der Waals surface area contributed by atoms with E-state index in [1.54, 1.807) is 30.3 Å². The molecule has 7 heteroatoms. The van der Waals surface area contributed by atoms with E-state index in [0.717, 1.165) is 5.56 Å². The SMILES string of the molecule is O=C(O[C@H]1C(OCc2ccccc2)O[C@H](CO)[C@H](O)[C@@H]1O)c1ccccc1. The van der Waals surface area contributed by atoms with Crippen molar-refractivity contribution in [1.29, 1.82) is 0 Å². The molecule has 0 spiro atoms. The maximum Gasteiger partial charge on any atom is 0.338 e. The van der Waals surface area contributed by atoms with Crippen molar-refractivity contribution in [2.45, 2.75) is 37.3 Å². The van der Waals surface area contributed by atoms with Crippen LogP contribution in [0.3, 0.4) is 0 Å². The van der Waals surface area contributed by atoms with Gasteiger partial charge in [0, 0.05) is 0 Å². The first-order chi connectivity index (χ1) is 13.1. The minimum Gasteiger partial charge on any atom is -0.450 e. The van der Waals surface area contributed by atoms with Crippen molar-refractivity contribution < 1.29 is 34.3 Å². The van der Waals surface area contributed by atoms with E-state index in [2.05, 4.69) is 0 Å². The van der Waals surface area contributed by atoms with Gasteiger partial charge >= 0.3 is 5.97 Å². The molecule has 5 atom stereocenters. The molecule has 1 fully saturated rings. The monoisotopic (exact) mass is 374 g/mol. The first kappa shape index (κ1) is 19.5. The van der Waals surface area contributed by atoms with Crippen LogP contribution in [0.4, 0.5) is 0 Å². The minimum absolute atomic E-state index is 0.145. The average molecular weight is 374 g/mol. The van der Waals surface area contributed by atoms with Crippen LogP contribution in [-0.2, 0) is 20.8 Å². The average Bonchev–Trinajstić information content (AvgIpc) is 2.72. The smallest absolute Gasteiger partial charge is 0.338 e. The van der Waals surface area contributed by atoms with Crippen LogP contribution in [0.15, 0.2) is 60.7 Å². The highest BCUT2D eigenvalue weighted by Crippen LogP contribution is 2.26. The Morgan fingerprint density at radius 2 is 1.59 bits per heavy atom. The van der Waals surface area contributed by atoms with Crippen LogP contribution in [0.2, 0.25) is 0 Å². The number of carbonyl (C=O) groups is 1. The standard InChI is InChI=1S/C20H22O7/c21-11-15-16(22)17(23)18(27-19(24)14-9-5-2-6-10-14)20(26-15)25-12-13-7-3-1-4-8-13/h1-10,15-18,20-23H,11-12H2/t15-,16+,17+,18-,20?/m1/s1. The number of aliphatic hydroxyl groups excluding tert-OH is 3. The molecule has 0 aromatic heterocycles. The molecule has 2 aromatic rings. The van der Waals surface area contributed by atoms with E-state index in [9.17, 15) is 20.1 Å². The van der Waals surface area contributed by atoms with Gasteiger partial charge in [0.15, 0.2) is 12.4 Å². The predicted molar refractivity (Wildman–Crippen MR) is 94.6 cm³/mol. The normalized spacial score (nSPS) is 27.9. The molecule has 1 heterocycles. The molecule has 0 saturated carbocycles. The molecule has 3 N–H and O–H groups in total. The van der Waals surface area contributed by atoms with Crippen molar-refractivity contribution in [3.8, 4) is 0 Å². The van der Waals surface area contributed by atoms with Gasteiger partial charge < -0.3 is 29.5 Å². The summed E-state index contributed by atoms with van der Waals surface area (Å²) in [7, 11) is 0. The van der Waals surface area contributed by atoms with Crippen molar-refractivity contribution in [3.63, 3.8) is 0 Å². The van der Waals surface area contributed by atoms with Crippen LogP contribution in [0, 0.1) is 0 Å². The summed E-state index contributed by atoms with van der Waals surface area (Å²) in [5.74, 6) is -0.675. The molecule has 0 bridgehead atoms. The largest absolute Gasteiger partial charge is 0.450 e. The van der Waals surface area contributed by atoms with E-state index in [0.29, 0.717) is 5.56 Å². The van der Waals surface area contributed by atoms with Crippen LogP contribution in [-0.4, -0.2) is 58.6 Å². The maximum atomic E-state index is 12.4. The Kier molecular flexibility index (Phi) is 6.54. The number of carbonyl (C=O) groups excluding carboxylic acids is 1. The van der Waals surface area contributed by atoms with Gasteiger partial charge in [0.25, 0.3) is 0 Å². The van der Waals surface area contributed by atoms with Crippen molar-refractivity contribution in [3.05, 3.63) is 71.8 Å². The molecule has 0 amide bonds. The zero-order valence-electron chi connectivity index (χ0n) is 14.5. The highest BCUT2D eigenvalue weighted by molar-refractivity contribution is 5.89. The molecule has 0 radical (unpaired) electrons. The first-order valence-electron chi connectivity index (χ1n) is 8.64. The molecule has 0 aliphatic carbocycles. The molecule has 3 rings (SSSR count). The van der Waals surface area contributed by atoms with Gasteiger partial charge in [0.05, 0.1) is 18.8 Å². The lowest BCUT2D eigenvalue weighted by molar-refractivity contribution is -0.303. The molecule has 144 valence electrons. The minimum atomic E-state index is -1.47. The van der Waals surface area contributed by atoms with Crippen LogP contribution < -0.4 is 0 Å². The van der Waals surface area contributed by atoms with Crippen molar-refractivity contribution in [2.75, 3.05) is 6.61 Å². The lowest BCUT2D eigenvalue weighted by Gasteiger charge is -2.41. The Bertz CT molecular complexity index is 722. The summed E-state index contributed by atoms with van der Waals surface area (Å²) in [4.78, 5) is 12.4. The highest BCUT2D eigenvalue weighted by Gasteiger charge is 2.47. The zero-order valence-corrected chi connectivity index (χ0v) is 14.5. The fourth-order valence-electron chi connectivity index (χ4n) is 2.83. The van der Waals surface area contributed by atoms with E-state index < -0.39 is 43.3 Å². The Morgan fingerprint density at radius 3 is 2.22 bits per heavy atom. The molecular weight excluding hydrogens is 352 g/mol. The van der Waals surface area contributed by atoms with Gasteiger partial charge in [-0.2, -0.15) is 0 Å². The first-order valence-corrected chi connectivity index (χ1v) is 8.64. The van der Waals surface area contributed by atoms with Gasteiger partial charge in [0.2, 0.25) is 0 Å². The van der Waals surface area contributed by atoms with Gasteiger partial charge in [-0.05, 0) is 17.7 Å². The van der Waals surface area contributed by atoms with E-state index >= 15 is 0 Å². The number of ether oxygens (including phenoxy) is 3. The summed E-state index contributed by atoms with van der Waals surface area (Å²) in [6, 6.07) is 17.5. The van der Waals surface area contributed by atoms with Crippen LogP contribution >= 0.6 is 0 Å². The van der Waals surface area contributed by atoms with E-state index in [4.69, 9.17) is 14.2 Å². The number of hydrogen-bond donors (Lipinski definition) is 3. The lowest BCUT2D eigenvalue weighted by atomic mass is 9.99. The Balaban J connectivity index is 1.74. The molecular formula is C20H22O7. The van der Waals surface area contributed by atoms with E-state index in [1.165, 1.54) is 0 Å². The van der Waals surface area contributed by atoms with Gasteiger partial charge in [-0.25, -0.2) is 4.79 Å². The maximum absolute atomic E-state index is 12.4. The van der Waals surface area contributed by atoms with E-state index in [1.807, 2.05) is 30.3 Å². The van der Waals surface area contributed by atoms with E-state index in [-0.39, 0.29) is 6.61 Å². The quantitative estimate of drug-likeness (QED) is 0.644. The zero-order chi connectivity index (χ0) is 19.2. The summed E-state index contributed by atoms with van der Waals surface area (Å²) < 4.78 is 16.6. The summed E-state index contributed by atoms with van der Waals surface area (Å²) >= 11 is 0. The number of benzene rings is 2. The Morgan fingerprint density at radius 1 is 0.963 bits per heavy atom. The summed E-state index contributed by atoms with van der Waals surface area (Å²) in [6.07, 6.45) is -6.33. The molecule has 1 saturated heterocycles. The van der Waals surface area contributed by atoms with Crippen molar-refractivity contribution in [2.24, 2.45) is 0 Å². The fourth-order valence-corrected chi connectivity index (χ4v) is 2.83. The van der Waals surface area contributed by atoms with Crippen LogP contribution in [0.25, 0.3) is 0 Å². The fraction of sp³-hybridized carbons (Fsp3) is 0.350. The summed E-state index contributed by atoms with van der Waals surface area (Å²) in [5.41, 5.74) is 1.15. The highest BCUT2D eigenvalue weighted by atomic mass is 16.7. The third-order valence-corrected chi connectivity index (χ3v) is 4.33. The lowest BCUT2D eigenvalue weighted by Crippen LogP contribution is -2.60. The third-order valence-electron chi connectivity index (χ3n) is 4.33. The molecule has 1 aliphatic rings. The van der Waals surface area contributed by atoms with Crippen LogP contribution in [0.5, 0.6) is 0 Å². The topological polar surface area (TPSA) is 105 Å².